The highest BCUT2D eigenvalue weighted by Gasteiger charge is 2.01. The smallest absolute Gasteiger partial charge is 0.317 e. The molecule has 0 fully saturated rings. The first-order valence-electron chi connectivity index (χ1n) is 6.34. The van der Waals surface area contributed by atoms with Gasteiger partial charge in [0.2, 0.25) is 0 Å². The minimum absolute atomic E-state index is 0.153. The summed E-state index contributed by atoms with van der Waals surface area (Å²) in [6.07, 6.45) is 0.793. The van der Waals surface area contributed by atoms with Gasteiger partial charge in [-0.05, 0) is 31.9 Å². The summed E-state index contributed by atoms with van der Waals surface area (Å²) in [5.41, 5.74) is 2.25. The fourth-order valence-corrected chi connectivity index (χ4v) is 1.62. The number of methoxy groups -OCH3 is 1. The molecule has 1 rings (SSSR count). The van der Waals surface area contributed by atoms with Crippen molar-refractivity contribution in [2.24, 2.45) is 0 Å². The van der Waals surface area contributed by atoms with Gasteiger partial charge in [-0.1, -0.05) is 17.7 Å². The Labute approximate surface area is 114 Å². The van der Waals surface area contributed by atoms with Gasteiger partial charge in [0.15, 0.2) is 6.73 Å². The number of ether oxygens (including phenoxy) is 2. The molecule has 0 aliphatic rings. The Kier molecular flexibility index (Phi) is 6.74. The Hall–Kier alpha value is -1.75. The number of aryl methyl sites for hydroxylation is 2. The Bertz CT molecular complexity index is 408. The third-order valence-electron chi connectivity index (χ3n) is 2.60. The van der Waals surface area contributed by atoms with E-state index >= 15 is 0 Å². The number of amides is 2. The summed E-state index contributed by atoms with van der Waals surface area (Å²) in [7, 11) is 1.64. The molecule has 1 aromatic rings. The number of carbonyl (C=O) groups is 1. The summed E-state index contributed by atoms with van der Waals surface area (Å²) in [6.45, 7) is 5.39. The van der Waals surface area contributed by atoms with Gasteiger partial charge in [-0.25, -0.2) is 4.79 Å². The Balaban J connectivity index is 2.20. The van der Waals surface area contributed by atoms with Crippen LogP contribution in [-0.4, -0.2) is 33.0 Å². The quantitative estimate of drug-likeness (QED) is 0.586. The largest absolute Gasteiger partial charge is 0.473 e. The zero-order valence-corrected chi connectivity index (χ0v) is 11.8. The van der Waals surface area contributed by atoms with Crippen LogP contribution in [0.3, 0.4) is 0 Å². The molecule has 0 saturated carbocycles. The second-order valence-electron chi connectivity index (χ2n) is 4.34. The van der Waals surface area contributed by atoms with Gasteiger partial charge in [0.1, 0.15) is 5.75 Å². The van der Waals surface area contributed by atoms with E-state index in [-0.39, 0.29) is 12.8 Å². The van der Waals surface area contributed by atoms with Gasteiger partial charge in [0.25, 0.3) is 0 Å². The maximum absolute atomic E-state index is 11.4. The van der Waals surface area contributed by atoms with Gasteiger partial charge in [-0.15, -0.1) is 0 Å². The summed E-state index contributed by atoms with van der Waals surface area (Å²) in [4.78, 5) is 11.4. The normalized spacial score (nSPS) is 10.1. The van der Waals surface area contributed by atoms with Crippen LogP contribution in [0.4, 0.5) is 4.79 Å². The van der Waals surface area contributed by atoms with Gasteiger partial charge >= 0.3 is 6.03 Å². The average molecular weight is 266 g/mol. The van der Waals surface area contributed by atoms with Crippen molar-refractivity contribution in [1.82, 2.24) is 10.6 Å². The second-order valence-corrected chi connectivity index (χ2v) is 4.34. The monoisotopic (exact) mass is 266 g/mol. The first kappa shape index (κ1) is 15.3. The molecule has 0 saturated heterocycles. The van der Waals surface area contributed by atoms with E-state index < -0.39 is 0 Å². The predicted molar refractivity (Wildman–Crippen MR) is 74.4 cm³/mol. The molecule has 2 N–H and O–H groups in total. The van der Waals surface area contributed by atoms with Gasteiger partial charge in [0, 0.05) is 20.3 Å². The number of urea groups is 1. The van der Waals surface area contributed by atoms with Crippen LogP contribution in [0.1, 0.15) is 17.5 Å². The lowest BCUT2D eigenvalue weighted by molar-refractivity contribution is 0.192. The maximum atomic E-state index is 11.4. The van der Waals surface area contributed by atoms with E-state index in [0.29, 0.717) is 13.2 Å². The molecule has 0 aliphatic heterocycles. The SMILES string of the molecule is COCCCNC(=O)NCOc1ccc(C)cc1C. The van der Waals surface area contributed by atoms with Gasteiger partial charge in [-0.3, -0.25) is 0 Å². The van der Waals surface area contributed by atoms with E-state index in [9.17, 15) is 4.79 Å². The minimum Gasteiger partial charge on any atom is -0.473 e. The average Bonchev–Trinajstić information content (AvgIpc) is 2.37. The summed E-state index contributed by atoms with van der Waals surface area (Å²) in [5, 5.41) is 5.35. The highest BCUT2D eigenvalue weighted by atomic mass is 16.5. The number of benzene rings is 1. The number of nitrogens with one attached hydrogen (secondary N) is 2. The molecule has 5 nitrogen and oxygen atoms in total. The fraction of sp³-hybridized carbons (Fsp3) is 0.500. The van der Waals surface area contributed by atoms with Crippen molar-refractivity contribution in [2.45, 2.75) is 20.3 Å². The van der Waals surface area contributed by atoms with E-state index in [1.165, 1.54) is 5.56 Å². The van der Waals surface area contributed by atoms with Crippen LogP contribution < -0.4 is 15.4 Å². The first-order valence-corrected chi connectivity index (χ1v) is 6.34. The van der Waals surface area contributed by atoms with Crippen LogP contribution in [-0.2, 0) is 4.74 Å². The second kappa shape index (κ2) is 8.37. The molecule has 2 amide bonds. The highest BCUT2D eigenvalue weighted by molar-refractivity contribution is 5.73. The molecule has 0 aromatic heterocycles. The summed E-state index contributed by atoms with van der Waals surface area (Å²) in [6, 6.07) is 5.69. The summed E-state index contributed by atoms with van der Waals surface area (Å²) >= 11 is 0. The van der Waals surface area contributed by atoms with Crippen LogP contribution >= 0.6 is 0 Å². The molecular formula is C14H22N2O3. The van der Waals surface area contributed by atoms with Crippen LogP contribution in [0.2, 0.25) is 0 Å². The molecule has 0 spiro atoms. The first-order chi connectivity index (χ1) is 9.13. The van der Waals surface area contributed by atoms with Crippen molar-refractivity contribution in [2.75, 3.05) is 27.0 Å². The number of rotatable bonds is 7. The minimum atomic E-state index is -0.235. The molecule has 19 heavy (non-hydrogen) atoms. The van der Waals surface area contributed by atoms with Crippen molar-refractivity contribution in [3.05, 3.63) is 29.3 Å². The molecule has 0 heterocycles. The molecular weight excluding hydrogens is 244 g/mol. The van der Waals surface area contributed by atoms with Crippen molar-refractivity contribution >= 4 is 6.03 Å². The molecule has 1 aromatic carbocycles. The number of hydrogen-bond donors (Lipinski definition) is 2. The molecule has 0 radical (unpaired) electrons. The van der Waals surface area contributed by atoms with E-state index in [4.69, 9.17) is 9.47 Å². The van der Waals surface area contributed by atoms with Crippen LogP contribution in [0, 0.1) is 13.8 Å². The van der Waals surface area contributed by atoms with Crippen LogP contribution in [0.25, 0.3) is 0 Å². The molecule has 106 valence electrons. The molecule has 0 unspecified atom stereocenters. The molecule has 0 atom stereocenters. The summed E-state index contributed by atoms with van der Waals surface area (Å²) < 4.78 is 10.4. The van der Waals surface area contributed by atoms with E-state index in [2.05, 4.69) is 10.6 Å². The van der Waals surface area contributed by atoms with Crippen molar-refractivity contribution in [3.8, 4) is 5.75 Å². The number of carbonyl (C=O) groups excluding carboxylic acids is 1. The highest BCUT2D eigenvalue weighted by Crippen LogP contribution is 2.18. The third kappa shape index (κ3) is 6.10. The van der Waals surface area contributed by atoms with Crippen LogP contribution in [0.15, 0.2) is 18.2 Å². The van der Waals surface area contributed by atoms with Gasteiger partial charge < -0.3 is 20.1 Å². The van der Waals surface area contributed by atoms with Crippen molar-refractivity contribution < 1.29 is 14.3 Å². The van der Waals surface area contributed by atoms with E-state index in [1.807, 2.05) is 32.0 Å². The Morgan fingerprint density at radius 2 is 2.05 bits per heavy atom. The number of hydrogen-bond acceptors (Lipinski definition) is 3. The molecule has 0 bridgehead atoms. The zero-order chi connectivity index (χ0) is 14.1. The topological polar surface area (TPSA) is 59.6 Å². The van der Waals surface area contributed by atoms with Gasteiger partial charge in [0.05, 0.1) is 0 Å². The zero-order valence-electron chi connectivity index (χ0n) is 11.8. The van der Waals surface area contributed by atoms with Crippen molar-refractivity contribution in [1.29, 1.82) is 0 Å². The third-order valence-corrected chi connectivity index (χ3v) is 2.60. The predicted octanol–water partition coefficient (Wildman–Crippen LogP) is 1.98. The lowest BCUT2D eigenvalue weighted by Gasteiger charge is -2.11. The Morgan fingerprint density at radius 1 is 1.26 bits per heavy atom. The fourth-order valence-electron chi connectivity index (χ4n) is 1.62. The van der Waals surface area contributed by atoms with Crippen molar-refractivity contribution in [3.63, 3.8) is 0 Å². The van der Waals surface area contributed by atoms with E-state index in [1.54, 1.807) is 7.11 Å². The van der Waals surface area contributed by atoms with Crippen LogP contribution in [0.5, 0.6) is 5.75 Å². The van der Waals surface area contributed by atoms with E-state index in [0.717, 1.165) is 17.7 Å². The lowest BCUT2D eigenvalue weighted by atomic mass is 10.1. The Morgan fingerprint density at radius 3 is 2.74 bits per heavy atom. The lowest BCUT2D eigenvalue weighted by Crippen LogP contribution is -2.38. The standard InChI is InChI=1S/C14H22N2O3/c1-11-5-6-13(12(2)9-11)19-10-16-14(17)15-7-4-8-18-3/h5-6,9H,4,7-8,10H2,1-3H3,(H2,15,16,17). The molecule has 5 heteroatoms. The molecule has 0 aliphatic carbocycles. The maximum Gasteiger partial charge on any atom is 0.317 e. The van der Waals surface area contributed by atoms with Gasteiger partial charge in [-0.2, -0.15) is 0 Å². The summed E-state index contributed by atoms with van der Waals surface area (Å²) in [5.74, 6) is 0.783.